The second-order valence-electron chi connectivity index (χ2n) is 15.2. The molecule has 0 aliphatic rings. The monoisotopic (exact) mass is 750 g/mol. The lowest BCUT2D eigenvalue weighted by Crippen LogP contribution is -2.02. The first-order chi connectivity index (χ1) is 29.3. The lowest BCUT2D eigenvalue weighted by atomic mass is 9.91. The predicted molar refractivity (Wildman–Crippen MR) is 246 cm³/mol. The molecular weight excluding hydrogens is 717 g/mol. The second-order valence-corrected chi connectivity index (χ2v) is 15.2. The van der Waals surface area contributed by atoms with Crippen molar-refractivity contribution in [3.63, 3.8) is 0 Å². The molecule has 0 fully saturated rings. The minimum atomic E-state index is 0.627. The third-order valence-electron chi connectivity index (χ3n) is 11.8. The zero-order valence-corrected chi connectivity index (χ0v) is 31.9. The van der Waals surface area contributed by atoms with Gasteiger partial charge >= 0.3 is 0 Å². The molecule has 0 atom stereocenters. The van der Waals surface area contributed by atoms with E-state index in [2.05, 4.69) is 174 Å². The fourth-order valence-electron chi connectivity index (χ4n) is 9.15. The van der Waals surface area contributed by atoms with Crippen molar-refractivity contribution in [3.8, 4) is 51.0 Å². The molecule has 0 bridgehead atoms. The second kappa shape index (κ2) is 13.3. The van der Waals surface area contributed by atoms with Crippen LogP contribution in [0, 0.1) is 0 Å². The Kier molecular flexibility index (Phi) is 7.50. The fraction of sp³-hybridized carbons (Fsp3) is 0. The van der Waals surface area contributed by atoms with Crippen molar-refractivity contribution in [2.45, 2.75) is 0 Å². The maximum atomic E-state index is 5.33. The van der Waals surface area contributed by atoms with Crippen LogP contribution in [0.15, 0.2) is 206 Å². The summed E-state index contributed by atoms with van der Waals surface area (Å²) >= 11 is 0. The van der Waals surface area contributed by atoms with Gasteiger partial charge in [-0.1, -0.05) is 182 Å². The number of benzene rings is 10. The van der Waals surface area contributed by atoms with E-state index in [9.17, 15) is 0 Å². The van der Waals surface area contributed by atoms with Crippen LogP contribution in [0.3, 0.4) is 0 Å². The van der Waals surface area contributed by atoms with Gasteiger partial charge in [0.05, 0.1) is 11.0 Å². The van der Waals surface area contributed by atoms with Crippen molar-refractivity contribution in [2.24, 2.45) is 0 Å². The first-order valence-corrected chi connectivity index (χ1v) is 20.0. The van der Waals surface area contributed by atoms with Crippen molar-refractivity contribution in [1.29, 1.82) is 0 Å². The third-order valence-corrected chi connectivity index (χ3v) is 11.8. The van der Waals surface area contributed by atoms with E-state index in [4.69, 9.17) is 15.0 Å². The molecule has 0 saturated carbocycles. The summed E-state index contributed by atoms with van der Waals surface area (Å²) < 4.78 is 2.43. The minimum Gasteiger partial charge on any atom is -0.309 e. The van der Waals surface area contributed by atoms with E-state index in [1.54, 1.807) is 0 Å². The lowest BCUT2D eigenvalue weighted by molar-refractivity contribution is 1.07. The summed E-state index contributed by atoms with van der Waals surface area (Å²) in [6.45, 7) is 0. The van der Waals surface area contributed by atoms with Crippen molar-refractivity contribution < 1.29 is 0 Å². The molecule has 4 nitrogen and oxygen atoms in total. The Bertz CT molecular complexity index is 3540. The summed E-state index contributed by atoms with van der Waals surface area (Å²) in [5.41, 5.74) is 8.53. The standard InChI is InChI=1S/C55H34N4/c1-3-17-36(18-4-1)53-56-54(37-19-5-2-6-20-37)58-55(57-53)49-34-39(33-48-44-25-10-9-23-42(44)43-24-11-12-27-47(43)52(48)49)59-50-29-14-13-26-45(50)46-31-30-38(32-51(46)59)41-28-15-21-35-16-7-8-22-40(35)41/h1-34H. The van der Waals surface area contributed by atoms with Crippen LogP contribution in [0.5, 0.6) is 0 Å². The quantitative estimate of drug-likeness (QED) is 0.165. The summed E-state index contributed by atoms with van der Waals surface area (Å²) in [6.07, 6.45) is 0. The van der Waals surface area contributed by atoms with Gasteiger partial charge in [-0.05, 0) is 73.1 Å². The molecule has 12 rings (SSSR count). The molecule has 10 aromatic carbocycles. The van der Waals surface area contributed by atoms with Crippen molar-refractivity contribution in [1.82, 2.24) is 19.5 Å². The molecule has 0 spiro atoms. The highest BCUT2D eigenvalue weighted by Crippen LogP contribution is 2.44. The van der Waals surface area contributed by atoms with E-state index >= 15 is 0 Å². The smallest absolute Gasteiger partial charge is 0.164 e. The SMILES string of the molecule is c1ccc(-c2nc(-c3ccccc3)nc(-c3cc(-n4c5ccccc5c5ccc(-c6cccc7ccccc67)cc54)cc4c5ccccc5c5ccccc5c34)n2)cc1. The van der Waals surface area contributed by atoms with Crippen LogP contribution in [0.2, 0.25) is 0 Å². The van der Waals surface area contributed by atoms with Gasteiger partial charge in [0.1, 0.15) is 0 Å². The summed E-state index contributed by atoms with van der Waals surface area (Å²) in [5.74, 6) is 1.89. The van der Waals surface area contributed by atoms with E-state index in [0.29, 0.717) is 17.5 Å². The van der Waals surface area contributed by atoms with Crippen molar-refractivity contribution >= 4 is 64.9 Å². The molecule has 0 amide bonds. The zero-order chi connectivity index (χ0) is 38.9. The summed E-state index contributed by atoms with van der Waals surface area (Å²) in [5, 5.41) is 11.9. The molecule has 12 aromatic rings. The maximum Gasteiger partial charge on any atom is 0.164 e. The van der Waals surface area contributed by atoms with Crippen LogP contribution in [0.1, 0.15) is 0 Å². The van der Waals surface area contributed by atoms with Crippen LogP contribution >= 0.6 is 0 Å². The number of hydrogen-bond acceptors (Lipinski definition) is 3. The fourth-order valence-corrected chi connectivity index (χ4v) is 9.15. The van der Waals surface area contributed by atoms with Gasteiger partial charge in [0.15, 0.2) is 17.5 Å². The highest BCUT2D eigenvalue weighted by molar-refractivity contribution is 6.28. The van der Waals surface area contributed by atoms with Crippen LogP contribution in [0.4, 0.5) is 0 Å². The van der Waals surface area contributed by atoms with Gasteiger partial charge in [0.2, 0.25) is 0 Å². The van der Waals surface area contributed by atoms with Gasteiger partial charge in [0.25, 0.3) is 0 Å². The molecule has 4 heteroatoms. The highest BCUT2D eigenvalue weighted by atomic mass is 15.0. The number of fused-ring (bicyclic) bond motifs is 10. The van der Waals surface area contributed by atoms with Crippen LogP contribution in [0.25, 0.3) is 116 Å². The zero-order valence-electron chi connectivity index (χ0n) is 31.9. The molecule has 0 aliphatic carbocycles. The molecule has 0 aliphatic heterocycles. The number of para-hydroxylation sites is 1. The van der Waals surface area contributed by atoms with E-state index in [1.807, 2.05) is 36.4 Å². The minimum absolute atomic E-state index is 0.627. The van der Waals surface area contributed by atoms with Crippen molar-refractivity contribution in [2.75, 3.05) is 0 Å². The molecule has 0 N–H and O–H groups in total. The Morgan fingerprint density at radius 1 is 0.288 bits per heavy atom. The van der Waals surface area contributed by atoms with Crippen molar-refractivity contribution in [3.05, 3.63) is 206 Å². The predicted octanol–water partition coefficient (Wildman–Crippen LogP) is 14.2. The largest absolute Gasteiger partial charge is 0.309 e. The molecule has 2 aromatic heterocycles. The average Bonchev–Trinajstić information content (AvgIpc) is 3.65. The first-order valence-electron chi connectivity index (χ1n) is 20.0. The maximum absolute atomic E-state index is 5.33. The summed E-state index contributed by atoms with van der Waals surface area (Å²) in [6, 6.07) is 73.5. The summed E-state index contributed by atoms with van der Waals surface area (Å²) in [4.78, 5) is 15.7. The number of nitrogens with zero attached hydrogens (tertiary/aromatic N) is 4. The average molecular weight is 751 g/mol. The van der Waals surface area contributed by atoms with Crippen LogP contribution < -0.4 is 0 Å². The number of hydrogen-bond donors (Lipinski definition) is 0. The number of aromatic nitrogens is 4. The molecule has 59 heavy (non-hydrogen) atoms. The van der Waals surface area contributed by atoms with Crippen LogP contribution in [-0.2, 0) is 0 Å². The number of rotatable bonds is 5. The van der Waals surface area contributed by atoms with E-state index in [0.717, 1.165) is 49.6 Å². The van der Waals surface area contributed by atoms with Gasteiger partial charge < -0.3 is 4.57 Å². The molecule has 0 unspecified atom stereocenters. The Morgan fingerprint density at radius 2 is 0.814 bits per heavy atom. The molecule has 0 radical (unpaired) electrons. The van der Waals surface area contributed by atoms with Gasteiger partial charge in [0, 0.05) is 38.5 Å². The van der Waals surface area contributed by atoms with E-state index in [1.165, 1.54) is 48.8 Å². The third kappa shape index (κ3) is 5.34. The highest BCUT2D eigenvalue weighted by Gasteiger charge is 2.21. The van der Waals surface area contributed by atoms with Gasteiger partial charge in [-0.25, -0.2) is 15.0 Å². The van der Waals surface area contributed by atoms with Crippen LogP contribution in [-0.4, -0.2) is 19.5 Å². The van der Waals surface area contributed by atoms with Gasteiger partial charge in [-0.3, -0.25) is 0 Å². The van der Waals surface area contributed by atoms with Gasteiger partial charge in [-0.15, -0.1) is 0 Å². The Labute approximate surface area is 340 Å². The van der Waals surface area contributed by atoms with E-state index < -0.39 is 0 Å². The molecule has 274 valence electrons. The normalized spacial score (nSPS) is 11.7. The topological polar surface area (TPSA) is 43.6 Å². The van der Waals surface area contributed by atoms with Gasteiger partial charge in [-0.2, -0.15) is 0 Å². The lowest BCUT2D eigenvalue weighted by Gasteiger charge is -2.18. The molecular formula is C55H34N4. The Balaban J connectivity index is 1.22. The summed E-state index contributed by atoms with van der Waals surface area (Å²) in [7, 11) is 0. The molecule has 0 saturated heterocycles. The Hall–Kier alpha value is -7.95. The Morgan fingerprint density at radius 3 is 1.53 bits per heavy atom. The van der Waals surface area contributed by atoms with E-state index in [-0.39, 0.29) is 0 Å². The first kappa shape index (κ1) is 33.2. The molecule has 2 heterocycles.